The summed E-state index contributed by atoms with van der Waals surface area (Å²) in [5.74, 6) is -4.03. The first kappa shape index (κ1) is 13.2. The standard InChI is InChI=1S/C8H16F2N2O2/c1-5(2)6(11)7(14)12-3-8(9,10)4-13/h5-6,13H,3-4,11H2,1-2H3,(H,12,14)/t6-/m0/s1. The van der Waals surface area contributed by atoms with Crippen molar-refractivity contribution in [1.29, 1.82) is 0 Å². The molecule has 4 N–H and O–H groups in total. The summed E-state index contributed by atoms with van der Waals surface area (Å²) in [5.41, 5.74) is 5.41. The molecule has 0 aliphatic heterocycles. The highest BCUT2D eigenvalue weighted by atomic mass is 19.3. The van der Waals surface area contributed by atoms with Gasteiger partial charge in [0, 0.05) is 0 Å². The zero-order valence-electron chi connectivity index (χ0n) is 8.26. The van der Waals surface area contributed by atoms with Crippen molar-refractivity contribution in [2.45, 2.75) is 25.8 Å². The van der Waals surface area contributed by atoms with E-state index in [0.29, 0.717) is 0 Å². The highest BCUT2D eigenvalue weighted by Crippen LogP contribution is 2.10. The van der Waals surface area contributed by atoms with E-state index < -0.39 is 31.0 Å². The maximum Gasteiger partial charge on any atom is 0.287 e. The molecule has 0 saturated carbocycles. The van der Waals surface area contributed by atoms with Crippen LogP contribution in [0.5, 0.6) is 0 Å². The fourth-order valence-electron chi connectivity index (χ4n) is 0.693. The van der Waals surface area contributed by atoms with Gasteiger partial charge in [-0.2, -0.15) is 0 Å². The topological polar surface area (TPSA) is 75.4 Å². The van der Waals surface area contributed by atoms with E-state index >= 15 is 0 Å². The van der Waals surface area contributed by atoms with Gasteiger partial charge < -0.3 is 16.2 Å². The Morgan fingerprint density at radius 2 is 2.07 bits per heavy atom. The molecule has 0 radical (unpaired) electrons. The van der Waals surface area contributed by atoms with Gasteiger partial charge in [-0.05, 0) is 5.92 Å². The van der Waals surface area contributed by atoms with Crippen LogP contribution in [0.1, 0.15) is 13.8 Å². The number of amides is 1. The Morgan fingerprint density at radius 1 is 1.57 bits per heavy atom. The smallest absolute Gasteiger partial charge is 0.287 e. The van der Waals surface area contributed by atoms with Gasteiger partial charge in [0.15, 0.2) is 0 Å². The molecule has 0 aliphatic rings. The highest BCUT2D eigenvalue weighted by Gasteiger charge is 2.29. The number of rotatable bonds is 5. The molecule has 0 aliphatic carbocycles. The zero-order valence-corrected chi connectivity index (χ0v) is 8.26. The summed E-state index contributed by atoms with van der Waals surface area (Å²) in [6, 6.07) is -0.801. The predicted molar refractivity (Wildman–Crippen MR) is 47.9 cm³/mol. The van der Waals surface area contributed by atoms with E-state index in [4.69, 9.17) is 10.8 Å². The average Bonchev–Trinajstić information content (AvgIpc) is 2.13. The Balaban J connectivity index is 3.97. The van der Waals surface area contributed by atoms with Gasteiger partial charge in [-0.3, -0.25) is 4.79 Å². The normalized spacial score (nSPS) is 14.2. The molecule has 0 spiro atoms. The van der Waals surface area contributed by atoms with Crippen LogP contribution >= 0.6 is 0 Å². The number of aliphatic hydroxyl groups excluding tert-OH is 1. The monoisotopic (exact) mass is 210 g/mol. The molecule has 0 saturated heterocycles. The number of hydrogen-bond acceptors (Lipinski definition) is 3. The van der Waals surface area contributed by atoms with Crippen LogP contribution in [0.25, 0.3) is 0 Å². The summed E-state index contributed by atoms with van der Waals surface area (Å²) in [5, 5.41) is 10.2. The molecule has 1 amide bonds. The molecule has 4 nitrogen and oxygen atoms in total. The first-order chi connectivity index (χ1) is 6.30. The van der Waals surface area contributed by atoms with Gasteiger partial charge >= 0.3 is 0 Å². The van der Waals surface area contributed by atoms with Crippen LogP contribution in [0.3, 0.4) is 0 Å². The Morgan fingerprint density at radius 3 is 2.43 bits per heavy atom. The van der Waals surface area contributed by atoms with Gasteiger partial charge in [0.1, 0.15) is 6.61 Å². The second-order valence-electron chi connectivity index (χ2n) is 3.50. The third-order valence-corrected chi connectivity index (χ3v) is 1.77. The largest absolute Gasteiger partial charge is 0.390 e. The molecule has 0 bridgehead atoms. The molecule has 0 rings (SSSR count). The molecule has 6 heteroatoms. The van der Waals surface area contributed by atoms with E-state index in [2.05, 4.69) is 0 Å². The van der Waals surface area contributed by atoms with Crippen LogP contribution < -0.4 is 11.1 Å². The Kier molecular flexibility index (Phi) is 4.93. The maximum atomic E-state index is 12.5. The molecule has 84 valence electrons. The number of halogens is 2. The van der Waals surface area contributed by atoms with E-state index in [-0.39, 0.29) is 5.92 Å². The van der Waals surface area contributed by atoms with E-state index in [9.17, 15) is 13.6 Å². The lowest BCUT2D eigenvalue weighted by Gasteiger charge is -2.18. The number of nitrogens with one attached hydrogen (secondary N) is 1. The SMILES string of the molecule is CC(C)[C@H](N)C(=O)NCC(F)(F)CO. The molecule has 1 atom stereocenters. The second kappa shape index (κ2) is 5.21. The minimum Gasteiger partial charge on any atom is -0.390 e. The summed E-state index contributed by atoms with van der Waals surface area (Å²) in [4.78, 5) is 11.1. The number of aliphatic hydroxyl groups is 1. The minimum absolute atomic E-state index is 0.113. The van der Waals surface area contributed by atoms with Gasteiger partial charge in [-0.15, -0.1) is 0 Å². The van der Waals surface area contributed by atoms with E-state index in [0.717, 1.165) is 0 Å². The van der Waals surface area contributed by atoms with Crippen molar-refractivity contribution >= 4 is 5.91 Å². The van der Waals surface area contributed by atoms with Gasteiger partial charge in [0.25, 0.3) is 5.92 Å². The fourth-order valence-corrected chi connectivity index (χ4v) is 0.693. The summed E-state index contributed by atoms with van der Waals surface area (Å²) in [7, 11) is 0. The molecule has 0 aromatic heterocycles. The second-order valence-corrected chi connectivity index (χ2v) is 3.50. The number of nitrogens with two attached hydrogens (primary N) is 1. The van der Waals surface area contributed by atoms with Gasteiger partial charge in [0.05, 0.1) is 12.6 Å². The summed E-state index contributed by atoms with van der Waals surface area (Å²) < 4.78 is 24.9. The number of carbonyl (C=O) groups excluding carboxylic acids is 1. The Hall–Kier alpha value is -0.750. The van der Waals surface area contributed by atoms with Gasteiger partial charge in [0.2, 0.25) is 5.91 Å². The molecule has 0 aromatic rings. The van der Waals surface area contributed by atoms with Crippen molar-refractivity contribution in [2.75, 3.05) is 13.2 Å². The van der Waals surface area contributed by atoms with Crippen molar-refractivity contribution < 1.29 is 18.7 Å². The third-order valence-electron chi connectivity index (χ3n) is 1.77. The molecule has 0 aromatic carbocycles. The molecule has 0 unspecified atom stereocenters. The molecule has 14 heavy (non-hydrogen) atoms. The Bertz CT molecular complexity index is 198. The number of carbonyl (C=O) groups is 1. The maximum absolute atomic E-state index is 12.5. The lowest BCUT2D eigenvalue weighted by Crippen LogP contribution is -2.48. The van der Waals surface area contributed by atoms with Crippen LogP contribution in [0, 0.1) is 5.92 Å². The zero-order chi connectivity index (χ0) is 11.4. The van der Waals surface area contributed by atoms with E-state index in [1.54, 1.807) is 13.8 Å². The van der Waals surface area contributed by atoms with Crippen molar-refractivity contribution in [3.8, 4) is 0 Å². The lowest BCUT2D eigenvalue weighted by atomic mass is 10.1. The Labute approximate surface area is 81.5 Å². The van der Waals surface area contributed by atoms with Crippen molar-refractivity contribution in [2.24, 2.45) is 11.7 Å². The summed E-state index contributed by atoms with van der Waals surface area (Å²) in [6.07, 6.45) is 0. The summed E-state index contributed by atoms with van der Waals surface area (Å²) in [6.45, 7) is 1.26. The number of alkyl halides is 2. The van der Waals surface area contributed by atoms with Gasteiger partial charge in [-0.25, -0.2) is 8.78 Å². The first-order valence-corrected chi connectivity index (χ1v) is 4.32. The minimum atomic E-state index is -3.29. The molecular formula is C8H16F2N2O2. The van der Waals surface area contributed by atoms with Crippen molar-refractivity contribution in [3.63, 3.8) is 0 Å². The van der Waals surface area contributed by atoms with E-state index in [1.165, 1.54) is 0 Å². The van der Waals surface area contributed by atoms with Crippen LogP contribution in [0.2, 0.25) is 0 Å². The van der Waals surface area contributed by atoms with Crippen LogP contribution in [0.15, 0.2) is 0 Å². The van der Waals surface area contributed by atoms with E-state index in [1.807, 2.05) is 5.32 Å². The number of hydrogen-bond donors (Lipinski definition) is 3. The molecular weight excluding hydrogens is 194 g/mol. The highest BCUT2D eigenvalue weighted by molar-refractivity contribution is 5.81. The van der Waals surface area contributed by atoms with Crippen molar-refractivity contribution in [3.05, 3.63) is 0 Å². The lowest BCUT2D eigenvalue weighted by molar-refractivity contribution is -0.126. The molecule has 0 heterocycles. The predicted octanol–water partition coefficient (Wildman–Crippen LogP) is -0.287. The van der Waals surface area contributed by atoms with Crippen LogP contribution in [-0.4, -0.2) is 36.1 Å². The van der Waals surface area contributed by atoms with Gasteiger partial charge in [-0.1, -0.05) is 13.8 Å². The fraction of sp³-hybridized carbons (Fsp3) is 0.875. The third kappa shape index (κ3) is 4.48. The van der Waals surface area contributed by atoms with Crippen molar-refractivity contribution in [1.82, 2.24) is 5.32 Å². The average molecular weight is 210 g/mol. The van der Waals surface area contributed by atoms with Crippen LogP contribution in [-0.2, 0) is 4.79 Å². The first-order valence-electron chi connectivity index (χ1n) is 4.32. The van der Waals surface area contributed by atoms with Crippen LogP contribution in [0.4, 0.5) is 8.78 Å². The molecule has 0 fully saturated rings. The summed E-state index contributed by atoms with van der Waals surface area (Å²) >= 11 is 0. The quantitative estimate of drug-likeness (QED) is 0.584.